The van der Waals surface area contributed by atoms with Crippen molar-refractivity contribution in [3.8, 4) is 0 Å². The van der Waals surface area contributed by atoms with E-state index in [1.54, 1.807) is 0 Å². The Labute approximate surface area is 111 Å². The molecule has 0 atom stereocenters. The van der Waals surface area contributed by atoms with Crippen LogP contribution in [0.2, 0.25) is 0 Å². The van der Waals surface area contributed by atoms with E-state index in [1.165, 1.54) is 20.5 Å². The van der Waals surface area contributed by atoms with E-state index in [2.05, 4.69) is 15.0 Å². The zero-order valence-electron chi connectivity index (χ0n) is 9.98. The minimum absolute atomic E-state index is 0.512. The molecule has 0 spiro atoms. The molecule has 2 N–H and O–H groups in total. The van der Waals surface area contributed by atoms with E-state index in [0.717, 1.165) is 25.0 Å². The fourth-order valence-corrected chi connectivity index (χ4v) is 4.74. The average molecular weight is 288 g/mol. The first-order chi connectivity index (χ1) is 8.65. The summed E-state index contributed by atoms with van der Waals surface area (Å²) in [5, 5.41) is 3.65. The lowest BCUT2D eigenvalue weighted by Gasteiger charge is -2.26. The van der Waals surface area contributed by atoms with Crippen LogP contribution in [0.5, 0.6) is 0 Å². The molecule has 18 heavy (non-hydrogen) atoms. The Morgan fingerprint density at radius 3 is 2.78 bits per heavy atom. The molecule has 0 bridgehead atoms. The van der Waals surface area contributed by atoms with Crippen molar-refractivity contribution in [3.05, 3.63) is 10.6 Å². The van der Waals surface area contributed by atoms with Crippen molar-refractivity contribution < 1.29 is 8.42 Å². The van der Waals surface area contributed by atoms with Gasteiger partial charge in [0.25, 0.3) is 0 Å². The van der Waals surface area contributed by atoms with Crippen molar-refractivity contribution in [1.82, 2.24) is 14.6 Å². The summed E-state index contributed by atoms with van der Waals surface area (Å²) in [7, 11) is -3.43. The monoisotopic (exact) mass is 288 g/mol. The lowest BCUT2D eigenvalue weighted by atomic mass is 10.4. The summed E-state index contributed by atoms with van der Waals surface area (Å²) in [6, 6.07) is 0. The van der Waals surface area contributed by atoms with Gasteiger partial charge in [-0.25, -0.2) is 9.71 Å². The van der Waals surface area contributed by atoms with Crippen molar-refractivity contribution >= 4 is 26.7 Å². The first kappa shape index (κ1) is 12.3. The fraction of sp³-hybridized carbons (Fsp3) is 0.700. The van der Waals surface area contributed by atoms with Crippen LogP contribution in [0.4, 0.5) is 5.13 Å². The summed E-state index contributed by atoms with van der Waals surface area (Å²) < 4.78 is 28.3. The summed E-state index contributed by atoms with van der Waals surface area (Å²) in [6.45, 7) is 2.44. The lowest BCUT2D eigenvalue weighted by molar-refractivity contribution is 0.362. The van der Waals surface area contributed by atoms with Crippen molar-refractivity contribution in [2.75, 3.05) is 30.9 Å². The number of nitrogens with one attached hydrogen (secondary N) is 2. The van der Waals surface area contributed by atoms with Crippen molar-refractivity contribution in [2.24, 2.45) is 0 Å². The predicted octanol–water partition coefficient (Wildman–Crippen LogP) is 0.194. The summed E-state index contributed by atoms with van der Waals surface area (Å²) in [4.78, 5) is 5.59. The molecule has 1 aliphatic heterocycles. The van der Waals surface area contributed by atoms with Gasteiger partial charge in [-0.1, -0.05) is 0 Å². The molecule has 0 radical (unpaired) electrons. The molecule has 1 saturated heterocycles. The molecule has 100 valence electrons. The molecule has 1 aliphatic carbocycles. The van der Waals surface area contributed by atoms with Crippen LogP contribution in [0, 0.1) is 0 Å². The Morgan fingerprint density at radius 1 is 1.28 bits per heavy atom. The van der Waals surface area contributed by atoms with E-state index in [9.17, 15) is 8.42 Å². The van der Waals surface area contributed by atoms with Gasteiger partial charge >= 0.3 is 10.2 Å². The standard InChI is InChI=1S/C10H16N4O2S2/c15-18(16,14-6-4-11-5-7-14)13-10-12-8-2-1-3-9(8)17-10/h11H,1-7H2,(H,12,13). The van der Waals surface area contributed by atoms with Crippen LogP contribution >= 0.6 is 11.3 Å². The summed E-state index contributed by atoms with van der Waals surface area (Å²) >= 11 is 1.47. The Balaban J connectivity index is 1.74. The van der Waals surface area contributed by atoms with Crippen molar-refractivity contribution in [2.45, 2.75) is 19.3 Å². The maximum absolute atomic E-state index is 12.1. The van der Waals surface area contributed by atoms with Crippen LogP contribution in [-0.4, -0.2) is 43.9 Å². The van der Waals surface area contributed by atoms with E-state index in [1.807, 2.05) is 0 Å². The highest BCUT2D eigenvalue weighted by Gasteiger charge is 2.26. The number of nitrogens with zero attached hydrogens (tertiary/aromatic N) is 2. The second-order valence-corrected chi connectivity index (χ2v) is 7.25. The Bertz CT molecular complexity index is 513. The average Bonchev–Trinajstić information content (AvgIpc) is 2.90. The number of aromatic nitrogens is 1. The Morgan fingerprint density at radius 2 is 2.06 bits per heavy atom. The minimum atomic E-state index is -3.43. The van der Waals surface area contributed by atoms with Gasteiger partial charge in [0.1, 0.15) is 0 Å². The zero-order valence-corrected chi connectivity index (χ0v) is 11.6. The molecule has 1 aromatic rings. The van der Waals surface area contributed by atoms with E-state index >= 15 is 0 Å². The Hall–Kier alpha value is -0.700. The highest BCUT2D eigenvalue weighted by Crippen LogP contribution is 2.31. The molecule has 6 nitrogen and oxygen atoms in total. The third kappa shape index (κ3) is 2.37. The van der Waals surface area contributed by atoms with Crippen LogP contribution in [-0.2, 0) is 23.1 Å². The highest BCUT2D eigenvalue weighted by atomic mass is 32.2. The number of fused-ring (bicyclic) bond motifs is 1. The fourth-order valence-electron chi connectivity index (χ4n) is 2.29. The normalized spacial score (nSPS) is 20.9. The maximum atomic E-state index is 12.1. The van der Waals surface area contributed by atoms with Crippen LogP contribution < -0.4 is 10.0 Å². The molecule has 0 aromatic carbocycles. The molecule has 2 aliphatic rings. The zero-order chi connectivity index (χ0) is 12.6. The largest absolute Gasteiger partial charge is 0.314 e. The number of hydrogen-bond acceptors (Lipinski definition) is 5. The molecular weight excluding hydrogens is 272 g/mol. The predicted molar refractivity (Wildman–Crippen MR) is 71.1 cm³/mol. The minimum Gasteiger partial charge on any atom is -0.314 e. The van der Waals surface area contributed by atoms with Gasteiger partial charge in [-0.3, -0.25) is 0 Å². The van der Waals surface area contributed by atoms with Crippen LogP contribution in [0.1, 0.15) is 17.0 Å². The number of thiazole rings is 1. The topological polar surface area (TPSA) is 74.3 Å². The molecule has 1 fully saturated rings. The maximum Gasteiger partial charge on any atom is 0.303 e. The highest BCUT2D eigenvalue weighted by molar-refractivity contribution is 7.90. The Kier molecular flexibility index (Phi) is 3.27. The third-order valence-electron chi connectivity index (χ3n) is 3.23. The molecule has 0 unspecified atom stereocenters. The number of aryl methyl sites for hydroxylation is 2. The van der Waals surface area contributed by atoms with E-state index in [0.29, 0.717) is 31.3 Å². The van der Waals surface area contributed by atoms with Crippen LogP contribution in [0.25, 0.3) is 0 Å². The van der Waals surface area contributed by atoms with E-state index < -0.39 is 10.2 Å². The number of piperazine rings is 1. The van der Waals surface area contributed by atoms with Gasteiger partial charge in [0, 0.05) is 31.1 Å². The summed E-state index contributed by atoms with van der Waals surface area (Å²) in [6.07, 6.45) is 3.14. The smallest absolute Gasteiger partial charge is 0.303 e. The number of rotatable bonds is 3. The van der Waals surface area contributed by atoms with Gasteiger partial charge in [0.05, 0.1) is 5.69 Å². The van der Waals surface area contributed by atoms with Gasteiger partial charge in [0.2, 0.25) is 0 Å². The first-order valence-electron chi connectivity index (χ1n) is 6.12. The van der Waals surface area contributed by atoms with E-state index in [4.69, 9.17) is 0 Å². The van der Waals surface area contributed by atoms with Gasteiger partial charge in [-0.05, 0) is 19.3 Å². The molecule has 0 amide bonds. The van der Waals surface area contributed by atoms with Crippen molar-refractivity contribution in [1.29, 1.82) is 0 Å². The van der Waals surface area contributed by atoms with Crippen LogP contribution in [0.15, 0.2) is 0 Å². The first-order valence-corrected chi connectivity index (χ1v) is 8.38. The number of anilines is 1. The molecule has 8 heteroatoms. The quantitative estimate of drug-likeness (QED) is 0.833. The third-order valence-corrected chi connectivity index (χ3v) is 5.93. The lowest BCUT2D eigenvalue weighted by Crippen LogP contribution is -2.48. The van der Waals surface area contributed by atoms with Gasteiger partial charge in [0.15, 0.2) is 5.13 Å². The molecular formula is C10H16N4O2S2. The molecule has 3 rings (SSSR count). The number of hydrogen-bond donors (Lipinski definition) is 2. The van der Waals surface area contributed by atoms with Crippen LogP contribution in [0.3, 0.4) is 0 Å². The SMILES string of the molecule is O=S(=O)(Nc1nc2c(s1)CCC2)N1CCNCC1. The summed E-state index contributed by atoms with van der Waals surface area (Å²) in [5.74, 6) is 0. The van der Waals surface area contributed by atoms with Crippen molar-refractivity contribution in [3.63, 3.8) is 0 Å². The van der Waals surface area contributed by atoms with Gasteiger partial charge in [-0.2, -0.15) is 12.7 Å². The molecule has 1 aromatic heterocycles. The second-order valence-electron chi connectivity index (χ2n) is 4.50. The molecule has 2 heterocycles. The summed E-state index contributed by atoms with van der Waals surface area (Å²) in [5.41, 5.74) is 1.07. The molecule has 0 saturated carbocycles. The second kappa shape index (κ2) is 4.76. The van der Waals surface area contributed by atoms with Gasteiger partial charge < -0.3 is 5.32 Å². The van der Waals surface area contributed by atoms with E-state index in [-0.39, 0.29) is 0 Å². The van der Waals surface area contributed by atoms with Gasteiger partial charge in [-0.15, -0.1) is 11.3 Å².